The number of hydrogen-bond donors (Lipinski definition) is 1. The van der Waals surface area contributed by atoms with Crippen LogP contribution in [0.1, 0.15) is 13.3 Å². The first-order chi connectivity index (χ1) is 9.54. The maximum absolute atomic E-state index is 11.7. The summed E-state index contributed by atoms with van der Waals surface area (Å²) in [5, 5.41) is 0. The predicted molar refractivity (Wildman–Crippen MR) is 81.8 cm³/mol. The summed E-state index contributed by atoms with van der Waals surface area (Å²) in [4.78, 5) is 15.4. The number of rotatable bonds is 8. The van der Waals surface area contributed by atoms with Crippen LogP contribution in [-0.4, -0.2) is 56.0 Å². The molecule has 5 nitrogen and oxygen atoms in total. The zero-order valence-corrected chi connectivity index (χ0v) is 12.6. The van der Waals surface area contributed by atoms with Gasteiger partial charge in [-0.15, -0.1) is 0 Å². The number of carbonyl (C=O) groups excluding carboxylic acids is 1. The van der Waals surface area contributed by atoms with Crippen molar-refractivity contribution in [2.75, 3.05) is 46.1 Å². The van der Waals surface area contributed by atoms with Gasteiger partial charge >= 0.3 is 0 Å². The van der Waals surface area contributed by atoms with Crippen LogP contribution >= 0.6 is 0 Å². The first-order valence-corrected chi connectivity index (χ1v) is 6.94. The first kappa shape index (κ1) is 16.3. The standard InChI is InChI=1S/C15H25N3O2/c1-4-9-18(12-15(19)17(2)3)10-11-20-14-8-6-5-7-13(14)16/h5-8H,4,9-12,16H2,1-3H3. The fourth-order valence-corrected chi connectivity index (χ4v) is 1.82. The number of nitrogen functional groups attached to an aromatic ring is 1. The molecule has 1 amide bonds. The topological polar surface area (TPSA) is 58.8 Å². The van der Waals surface area contributed by atoms with E-state index >= 15 is 0 Å². The second-order valence-corrected chi connectivity index (χ2v) is 4.95. The van der Waals surface area contributed by atoms with Gasteiger partial charge in [0, 0.05) is 20.6 Å². The van der Waals surface area contributed by atoms with Gasteiger partial charge in [-0.3, -0.25) is 9.69 Å². The Balaban J connectivity index is 2.43. The zero-order valence-electron chi connectivity index (χ0n) is 12.6. The third-order valence-corrected chi connectivity index (χ3v) is 2.98. The van der Waals surface area contributed by atoms with Crippen LogP contribution in [-0.2, 0) is 4.79 Å². The molecule has 0 fully saturated rings. The van der Waals surface area contributed by atoms with Gasteiger partial charge in [0.15, 0.2) is 0 Å². The van der Waals surface area contributed by atoms with E-state index in [0.717, 1.165) is 13.0 Å². The predicted octanol–water partition coefficient (Wildman–Crippen LogP) is 1.45. The molecule has 0 aliphatic heterocycles. The number of anilines is 1. The molecule has 20 heavy (non-hydrogen) atoms. The average Bonchev–Trinajstić information content (AvgIpc) is 2.41. The Morgan fingerprint density at radius 2 is 1.95 bits per heavy atom. The number of carbonyl (C=O) groups is 1. The highest BCUT2D eigenvalue weighted by Gasteiger charge is 2.11. The lowest BCUT2D eigenvalue weighted by molar-refractivity contribution is -0.130. The molecule has 0 bridgehead atoms. The molecule has 0 saturated heterocycles. The van der Waals surface area contributed by atoms with Gasteiger partial charge in [0.1, 0.15) is 12.4 Å². The third kappa shape index (κ3) is 5.48. The van der Waals surface area contributed by atoms with E-state index in [0.29, 0.717) is 31.1 Å². The van der Waals surface area contributed by atoms with Gasteiger partial charge in [-0.05, 0) is 25.1 Å². The van der Waals surface area contributed by atoms with Gasteiger partial charge in [0.2, 0.25) is 5.91 Å². The van der Waals surface area contributed by atoms with Gasteiger partial charge in [0.25, 0.3) is 0 Å². The molecule has 5 heteroatoms. The molecule has 0 spiro atoms. The van der Waals surface area contributed by atoms with Crippen molar-refractivity contribution in [2.45, 2.75) is 13.3 Å². The molecule has 1 rings (SSSR count). The lowest BCUT2D eigenvalue weighted by Gasteiger charge is -2.23. The molecule has 0 aromatic heterocycles. The zero-order chi connectivity index (χ0) is 15.0. The molecule has 1 aromatic rings. The fourth-order valence-electron chi connectivity index (χ4n) is 1.82. The lowest BCUT2D eigenvalue weighted by Crippen LogP contribution is -2.39. The minimum Gasteiger partial charge on any atom is -0.490 e. The summed E-state index contributed by atoms with van der Waals surface area (Å²) < 4.78 is 5.66. The van der Waals surface area contributed by atoms with E-state index in [2.05, 4.69) is 11.8 Å². The molecule has 1 aromatic carbocycles. The van der Waals surface area contributed by atoms with E-state index in [1.54, 1.807) is 19.0 Å². The van der Waals surface area contributed by atoms with Gasteiger partial charge in [-0.1, -0.05) is 19.1 Å². The average molecular weight is 279 g/mol. The summed E-state index contributed by atoms with van der Waals surface area (Å²) in [5.41, 5.74) is 6.46. The molecular weight excluding hydrogens is 254 g/mol. The van der Waals surface area contributed by atoms with Crippen LogP contribution in [0.25, 0.3) is 0 Å². The Morgan fingerprint density at radius 1 is 1.25 bits per heavy atom. The van der Waals surface area contributed by atoms with Crippen molar-refractivity contribution in [3.8, 4) is 5.75 Å². The molecule has 0 aliphatic carbocycles. The number of nitrogens with two attached hydrogens (primary N) is 1. The van der Waals surface area contributed by atoms with E-state index in [1.807, 2.05) is 24.3 Å². The highest BCUT2D eigenvalue weighted by Crippen LogP contribution is 2.19. The summed E-state index contributed by atoms with van der Waals surface area (Å²) in [6.07, 6.45) is 1.01. The SMILES string of the molecule is CCCN(CCOc1ccccc1N)CC(=O)N(C)C. The number of benzene rings is 1. The van der Waals surface area contributed by atoms with Gasteiger partial charge in [0.05, 0.1) is 12.2 Å². The monoisotopic (exact) mass is 279 g/mol. The molecular formula is C15H25N3O2. The van der Waals surface area contributed by atoms with Crippen LogP contribution in [0, 0.1) is 0 Å². The Labute approximate surface area is 121 Å². The number of likely N-dealkylation sites (N-methyl/N-ethyl adjacent to an activating group) is 1. The van der Waals surface area contributed by atoms with Crippen LogP contribution in [0.4, 0.5) is 5.69 Å². The van der Waals surface area contributed by atoms with Crippen molar-refractivity contribution in [2.24, 2.45) is 0 Å². The molecule has 112 valence electrons. The number of ether oxygens (including phenoxy) is 1. The molecule has 0 unspecified atom stereocenters. The van der Waals surface area contributed by atoms with E-state index in [9.17, 15) is 4.79 Å². The lowest BCUT2D eigenvalue weighted by atomic mass is 10.3. The summed E-state index contributed by atoms with van der Waals surface area (Å²) in [6, 6.07) is 7.44. The number of nitrogens with zero attached hydrogens (tertiary/aromatic N) is 2. The third-order valence-electron chi connectivity index (χ3n) is 2.98. The van der Waals surface area contributed by atoms with Crippen LogP contribution in [0.5, 0.6) is 5.75 Å². The second-order valence-electron chi connectivity index (χ2n) is 4.95. The highest BCUT2D eigenvalue weighted by atomic mass is 16.5. The summed E-state index contributed by atoms with van der Waals surface area (Å²) in [5.74, 6) is 0.806. The molecule has 0 atom stereocenters. The van der Waals surface area contributed by atoms with Crippen molar-refractivity contribution in [1.82, 2.24) is 9.80 Å². The quantitative estimate of drug-likeness (QED) is 0.732. The second kappa shape index (κ2) is 8.43. The first-order valence-electron chi connectivity index (χ1n) is 6.94. The summed E-state index contributed by atoms with van der Waals surface area (Å²) in [6.45, 7) is 4.64. The Bertz CT molecular complexity index is 421. The molecule has 0 saturated carbocycles. The van der Waals surface area contributed by atoms with E-state index in [4.69, 9.17) is 10.5 Å². The van der Waals surface area contributed by atoms with Crippen LogP contribution in [0.2, 0.25) is 0 Å². The normalized spacial score (nSPS) is 10.6. The van der Waals surface area contributed by atoms with Crippen molar-refractivity contribution in [3.63, 3.8) is 0 Å². The van der Waals surface area contributed by atoms with Gasteiger partial charge in [-0.25, -0.2) is 0 Å². The maximum Gasteiger partial charge on any atom is 0.236 e. The Hall–Kier alpha value is -1.75. The van der Waals surface area contributed by atoms with E-state index in [-0.39, 0.29) is 5.91 Å². The fraction of sp³-hybridized carbons (Fsp3) is 0.533. The Morgan fingerprint density at radius 3 is 2.55 bits per heavy atom. The van der Waals surface area contributed by atoms with Gasteiger partial charge in [-0.2, -0.15) is 0 Å². The van der Waals surface area contributed by atoms with E-state index < -0.39 is 0 Å². The minimum absolute atomic E-state index is 0.109. The van der Waals surface area contributed by atoms with Crippen molar-refractivity contribution in [1.29, 1.82) is 0 Å². The van der Waals surface area contributed by atoms with E-state index in [1.165, 1.54) is 0 Å². The Kier molecular flexibility index (Phi) is 6.87. The largest absolute Gasteiger partial charge is 0.490 e. The smallest absolute Gasteiger partial charge is 0.236 e. The van der Waals surface area contributed by atoms with Crippen molar-refractivity contribution in [3.05, 3.63) is 24.3 Å². The van der Waals surface area contributed by atoms with Crippen LogP contribution < -0.4 is 10.5 Å². The van der Waals surface area contributed by atoms with Crippen LogP contribution in [0.3, 0.4) is 0 Å². The van der Waals surface area contributed by atoms with Crippen molar-refractivity contribution >= 4 is 11.6 Å². The maximum atomic E-state index is 11.7. The number of amides is 1. The molecule has 0 radical (unpaired) electrons. The molecule has 0 heterocycles. The highest BCUT2D eigenvalue weighted by molar-refractivity contribution is 5.77. The van der Waals surface area contributed by atoms with Crippen LogP contribution in [0.15, 0.2) is 24.3 Å². The molecule has 0 aliphatic rings. The number of hydrogen-bond acceptors (Lipinski definition) is 4. The number of para-hydroxylation sites is 2. The molecule has 2 N–H and O–H groups in total. The minimum atomic E-state index is 0.109. The summed E-state index contributed by atoms with van der Waals surface area (Å²) >= 11 is 0. The summed E-state index contributed by atoms with van der Waals surface area (Å²) in [7, 11) is 3.54. The van der Waals surface area contributed by atoms with Crippen molar-refractivity contribution < 1.29 is 9.53 Å². The van der Waals surface area contributed by atoms with Gasteiger partial charge < -0.3 is 15.4 Å².